The second kappa shape index (κ2) is 8.81. The van der Waals surface area contributed by atoms with Crippen LogP contribution in [-0.2, 0) is 9.59 Å². The van der Waals surface area contributed by atoms with Crippen LogP contribution in [0.25, 0.3) is 5.76 Å². The van der Waals surface area contributed by atoms with Crippen molar-refractivity contribution >= 4 is 50.7 Å². The van der Waals surface area contributed by atoms with Crippen molar-refractivity contribution in [3.63, 3.8) is 0 Å². The summed E-state index contributed by atoms with van der Waals surface area (Å²) in [6, 6.07) is 18.7. The second-order valence-electron chi connectivity index (χ2n) is 7.38. The Labute approximate surface area is 199 Å². The minimum Gasteiger partial charge on any atom is -0.507 e. The van der Waals surface area contributed by atoms with E-state index in [1.165, 1.54) is 12.0 Å². The van der Waals surface area contributed by atoms with Gasteiger partial charge in [-0.1, -0.05) is 57.9 Å². The molecule has 0 saturated carbocycles. The standard InChI is InChI=1S/C25H19BrClNO4/c1-14-12-18(24(32-2)19(27)13-14)22(29)20-21(15-8-10-16(26)11-9-15)28(25(31)23(20)30)17-6-4-3-5-7-17/h3-13,21,29H,1-2H3/b22-20+. The van der Waals surface area contributed by atoms with Gasteiger partial charge in [-0.25, -0.2) is 0 Å². The zero-order valence-electron chi connectivity index (χ0n) is 17.3. The molecule has 1 N–H and O–H groups in total. The number of carbonyl (C=O) groups is 2. The Bertz CT molecular complexity index is 1240. The summed E-state index contributed by atoms with van der Waals surface area (Å²) in [5.74, 6) is -1.60. The number of aliphatic hydroxyl groups excluding tert-OH is 1. The highest BCUT2D eigenvalue weighted by atomic mass is 79.9. The quantitative estimate of drug-likeness (QED) is 0.263. The van der Waals surface area contributed by atoms with E-state index in [0.717, 1.165) is 10.0 Å². The lowest BCUT2D eigenvalue weighted by molar-refractivity contribution is -0.132. The number of ether oxygens (including phenoxy) is 1. The van der Waals surface area contributed by atoms with E-state index in [0.29, 0.717) is 16.3 Å². The number of aryl methyl sites for hydroxylation is 1. The molecule has 4 rings (SSSR count). The summed E-state index contributed by atoms with van der Waals surface area (Å²) in [6.45, 7) is 1.82. The van der Waals surface area contributed by atoms with Crippen LogP contribution in [0.1, 0.15) is 22.7 Å². The topological polar surface area (TPSA) is 66.8 Å². The Hall–Kier alpha value is -3.09. The van der Waals surface area contributed by atoms with Crippen molar-refractivity contribution in [2.45, 2.75) is 13.0 Å². The molecule has 0 bridgehead atoms. The maximum atomic E-state index is 13.2. The fraction of sp³-hybridized carbons (Fsp3) is 0.120. The fourth-order valence-corrected chi connectivity index (χ4v) is 4.52. The molecule has 7 heteroatoms. The third kappa shape index (κ3) is 3.80. The Morgan fingerprint density at radius 2 is 1.72 bits per heavy atom. The van der Waals surface area contributed by atoms with Gasteiger partial charge in [0.25, 0.3) is 11.7 Å². The SMILES string of the molecule is COc1c(Cl)cc(C)cc1/C(O)=C1\C(=O)C(=O)N(c2ccccc2)C1c1ccc(Br)cc1. The number of hydrogen-bond acceptors (Lipinski definition) is 4. The summed E-state index contributed by atoms with van der Waals surface area (Å²) in [6.07, 6.45) is 0. The zero-order chi connectivity index (χ0) is 23.0. The summed E-state index contributed by atoms with van der Waals surface area (Å²) < 4.78 is 6.25. The minimum atomic E-state index is -0.825. The normalized spacial score (nSPS) is 17.6. The number of nitrogens with zero attached hydrogens (tertiary/aromatic N) is 1. The average molecular weight is 513 g/mol. The zero-order valence-corrected chi connectivity index (χ0v) is 19.6. The lowest BCUT2D eigenvalue weighted by Gasteiger charge is -2.25. The highest BCUT2D eigenvalue weighted by Crippen LogP contribution is 2.44. The van der Waals surface area contributed by atoms with Crippen molar-refractivity contribution < 1.29 is 19.4 Å². The molecule has 0 aromatic heterocycles. The number of amides is 1. The number of Topliss-reactive ketones (excluding diaryl/α,β-unsaturated/α-hetero) is 1. The number of aliphatic hydroxyl groups is 1. The lowest BCUT2D eigenvalue weighted by atomic mass is 9.94. The second-order valence-corrected chi connectivity index (χ2v) is 8.71. The molecule has 3 aromatic rings. The first-order valence-corrected chi connectivity index (χ1v) is 11.0. The van der Waals surface area contributed by atoms with Gasteiger partial charge in [0.15, 0.2) is 0 Å². The molecule has 1 fully saturated rings. The third-order valence-electron chi connectivity index (χ3n) is 5.31. The lowest BCUT2D eigenvalue weighted by Crippen LogP contribution is -2.29. The van der Waals surface area contributed by atoms with Gasteiger partial charge in [0.2, 0.25) is 0 Å². The van der Waals surface area contributed by atoms with Crippen molar-refractivity contribution in [1.82, 2.24) is 0 Å². The van der Waals surface area contributed by atoms with Crippen LogP contribution >= 0.6 is 27.5 Å². The molecule has 1 aliphatic rings. The van der Waals surface area contributed by atoms with Gasteiger partial charge in [0.05, 0.1) is 29.3 Å². The number of anilines is 1. The third-order valence-corrected chi connectivity index (χ3v) is 6.12. The molecule has 1 heterocycles. The Balaban J connectivity index is 2.00. The van der Waals surface area contributed by atoms with Crippen molar-refractivity contribution in [3.05, 3.63) is 98.5 Å². The molecule has 1 saturated heterocycles. The van der Waals surface area contributed by atoms with Crippen LogP contribution < -0.4 is 9.64 Å². The van der Waals surface area contributed by atoms with Gasteiger partial charge in [-0.2, -0.15) is 0 Å². The predicted molar refractivity (Wildman–Crippen MR) is 128 cm³/mol. The highest BCUT2D eigenvalue weighted by molar-refractivity contribution is 9.10. The molecule has 0 radical (unpaired) electrons. The maximum Gasteiger partial charge on any atom is 0.300 e. The van der Waals surface area contributed by atoms with E-state index in [9.17, 15) is 14.7 Å². The van der Waals surface area contributed by atoms with E-state index >= 15 is 0 Å². The summed E-state index contributed by atoms with van der Waals surface area (Å²) in [5, 5.41) is 11.7. The first-order chi connectivity index (χ1) is 15.3. The number of benzene rings is 3. The highest BCUT2D eigenvalue weighted by Gasteiger charge is 2.47. The van der Waals surface area contributed by atoms with Gasteiger partial charge in [0.1, 0.15) is 11.5 Å². The molecule has 32 heavy (non-hydrogen) atoms. The van der Waals surface area contributed by atoms with E-state index in [1.807, 2.05) is 37.3 Å². The number of carbonyl (C=O) groups excluding carboxylic acids is 2. The van der Waals surface area contributed by atoms with Gasteiger partial charge in [-0.3, -0.25) is 14.5 Å². The largest absolute Gasteiger partial charge is 0.507 e. The first kappa shape index (κ1) is 22.1. The van der Waals surface area contributed by atoms with E-state index in [-0.39, 0.29) is 22.6 Å². The average Bonchev–Trinajstić information content (AvgIpc) is 3.04. The summed E-state index contributed by atoms with van der Waals surface area (Å²) in [5.41, 5.74) is 2.23. The van der Waals surface area contributed by atoms with E-state index in [4.69, 9.17) is 16.3 Å². The number of rotatable bonds is 4. The molecule has 0 aliphatic carbocycles. The van der Waals surface area contributed by atoms with Crippen LogP contribution in [0.3, 0.4) is 0 Å². The minimum absolute atomic E-state index is 0.0267. The molecule has 3 aromatic carbocycles. The van der Waals surface area contributed by atoms with Crippen molar-refractivity contribution in [2.75, 3.05) is 12.0 Å². The molecule has 0 spiro atoms. The summed E-state index contributed by atoms with van der Waals surface area (Å²) >= 11 is 9.73. The van der Waals surface area contributed by atoms with E-state index < -0.39 is 17.7 Å². The van der Waals surface area contributed by atoms with Crippen molar-refractivity contribution in [2.24, 2.45) is 0 Å². The van der Waals surface area contributed by atoms with Crippen LogP contribution in [0.5, 0.6) is 5.75 Å². The molecular weight excluding hydrogens is 494 g/mol. The molecular formula is C25H19BrClNO4. The van der Waals surface area contributed by atoms with Gasteiger partial charge in [0, 0.05) is 10.2 Å². The molecule has 162 valence electrons. The van der Waals surface area contributed by atoms with Crippen molar-refractivity contribution in [1.29, 1.82) is 0 Å². The molecule has 1 amide bonds. The van der Waals surface area contributed by atoms with Gasteiger partial charge >= 0.3 is 0 Å². The predicted octanol–water partition coefficient (Wildman–Crippen LogP) is 6.05. The molecule has 1 atom stereocenters. The Morgan fingerprint density at radius 1 is 1.06 bits per heavy atom. The fourth-order valence-electron chi connectivity index (χ4n) is 3.91. The number of hydrogen-bond donors (Lipinski definition) is 1. The van der Waals surface area contributed by atoms with Crippen LogP contribution in [0, 0.1) is 6.92 Å². The number of para-hydroxylation sites is 1. The first-order valence-electron chi connectivity index (χ1n) is 9.79. The van der Waals surface area contributed by atoms with Crippen LogP contribution in [-0.4, -0.2) is 23.9 Å². The monoisotopic (exact) mass is 511 g/mol. The smallest absolute Gasteiger partial charge is 0.300 e. The number of halogens is 2. The Kier molecular flexibility index (Phi) is 6.09. The van der Waals surface area contributed by atoms with Crippen molar-refractivity contribution in [3.8, 4) is 5.75 Å². The van der Waals surface area contributed by atoms with Crippen LogP contribution in [0.4, 0.5) is 5.69 Å². The van der Waals surface area contributed by atoms with Gasteiger partial charge in [-0.05, 0) is 54.4 Å². The number of methoxy groups -OCH3 is 1. The summed E-state index contributed by atoms with van der Waals surface area (Å²) in [7, 11) is 1.43. The Morgan fingerprint density at radius 3 is 2.34 bits per heavy atom. The molecule has 1 unspecified atom stereocenters. The number of ketones is 1. The van der Waals surface area contributed by atoms with Crippen LogP contribution in [0.15, 0.2) is 76.8 Å². The van der Waals surface area contributed by atoms with E-state index in [2.05, 4.69) is 15.9 Å². The summed E-state index contributed by atoms with van der Waals surface area (Å²) in [4.78, 5) is 27.8. The van der Waals surface area contributed by atoms with Gasteiger partial charge < -0.3 is 9.84 Å². The maximum absolute atomic E-state index is 13.2. The van der Waals surface area contributed by atoms with Gasteiger partial charge in [-0.15, -0.1) is 0 Å². The molecule has 5 nitrogen and oxygen atoms in total. The van der Waals surface area contributed by atoms with Crippen LogP contribution in [0.2, 0.25) is 5.02 Å². The molecule has 1 aliphatic heterocycles. The van der Waals surface area contributed by atoms with E-state index in [1.54, 1.807) is 36.4 Å².